The summed E-state index contributed by atoms with van der Waals surface area (Å²) in [5.74, 6) is 1.00. The Hall–Kier alpha value is -1.37. The molecule has 0 saturated carbocycles. The fourth-order valence-electron chi connectivity index (χ4n) is 2.64. The van der Waals surface area contributed by atoms with Crippen LogP contribution in [0.5, 0.6) is 0 Å². The maximum absolute atomic E-state index is 11.8. The van der Waals surface area contributed by atoms with Crippen LogP contribution in [0.2, 0.25) is 0 Å². The zero-order chi connectivity index (χ0) is 14.6. The van der Waals surface area contributed by atoms with E-state index in [0.29, 0.717) is 29.3 Å². The van der Waals surface area contributed by atoms with Gasteiger partial charge in [0, 0.05) is 30.5 Å². The standard InChI is InChI=1S/C14H20N2O3S/c15-14(19)12-9-11-3-4-16-10-13(11)20(12,7-1-5-17)8-2-6-18/h3-4,9-10,17-18H,1-2,5-8H2,(H2,15,19). The van der Waals surface area contributed by atoms with Gasteiger partial charge in [-0.1, -0.05) is 0 Å². The lowest BCUT2D eigenvalue weighted by Crippen LogP contribution is -2.22. The molecule has 0 saturated heterocycles. The summed E-state index contributed by atoms with van der Waals surface area (Å²) < 4.78 is 0. The van der Waals surface area contributed by atoms with Crippen molar-refractivity contribution in [2.75, 3.05) is 24.7 Å². The average Bonchev–Trinajstić information content (AvgIpc) is 2.78. The Morgan fingerprint density at radius 1 is 1.25 bits per heavy atom. The highest BCUT2D eigenvalue weighted by Gasteiger charge is 2.38. The lowest BCUT2D eigenvalue weighted by Gasteiger charge is -2.38. The van der Waals surface area contributed by atoms with Crippen LogP contribution < -0.4 is 5.73 Å². The van der Waals surface area contributed by atoms with Crippen molar-refractivity contribution in [3.05, 3.63) is 28.9 Å². The minimum atomic E-state index is -1.58. The van der Waals surface area contributed by atoms with Crippen molar-refractivity contribution in [2.45, 2.75) is 17.7 Å². The summed E-state index contributed by atoms with van der Waals surface area (Å²) in [5, 5.41) is 18.3. The molecule has 4 N–H and O–H groups in total. The molecule has 5 nitrogen and oxygen atoms in total. The number of hydrogen-bond acceptors (Lipinski definition) is 4. The minimum absolute atomic E-state index is 0.0789. The molecule has 0 bridgehead atoms. The Morgan fingerprint density at radius 3 is 2.45 bits per heavy atom. The summed E-state index contributed by atoms with van der Waals surface area (Å²) in [5.41, 5.74) is 6.55. The van der Waals surface area contributed by atoms with Gasteiger partial charge in [-0.3, -0.25) is 9.78 Å². The largest absolute Gasteiger partial charge is 0.396 e. The predicted molar refractivity (Wildman–Crippen MR) is 80.4 cm³/mol. The fourth-order valence-corrected chi connectivity index (χ4v) is 6.78. The highest BCUT2D eigenvalue weighted by atomic mass is 32.3. The first-order valence-corrected chi connectivity index (χ1v) is 8.59. The highest BCUT2D eigenvalue weighted by molar-refractivity contribution is 8.37. The summed E-state index contributed by atoms with van der Waals surface area (Å²) in [6.45, 7) is 0.158. The molecular weight excluding hydrogens is 276 g/mol. The van der Waals surface area contributed by atoms with E-state index in [4.69, 9.17) is 15.9 Å². The normalized spacial score (nSPS) is 17.4. The van der Waals surface area contributed by atoms with Crippen molar-refractivity contribution < 1.29 is 15.0 Å². The molecule has 0 atom stereocenters. The van der Waals surface area contributed by atoms with Gasteiger partial charge in [-0.15, -0.1) is 0 Å². The zero-order valence-electron chi connectivity index (χ0n) is 11.3. The monoisotopic (exact) mass is 296 g/mol. The third-order valence-electron chi connectivity index (χ3n) is 3.49. The SMILES string of the molecule is NC(=O)C1=Cc2ccncc2S1(CCCO)CCCO. The number of pyridine rings is 1. The van der Waals surface area contributed by atoms with Crippen LogP contribution in [0.25, 0.3) is 6.08 Å². The molecule has 0 spiro atoms. The van der Waals surface area contributed by atoms with E-state index in [1.165, 1.54) is 0 Å². The summed E-state index contributed by atoms with van der Waals surface area (Å²) in [4.78, 5) is 17.7. The number of nitrogens with zero attached hydrogens (tertiary/aromatic N) is 1. The molecule has 1 aromatic rings. The van der Waals surface area contributed by atoms with Crippen LogP contribution in [0.15, 0.2) is 28.3 Å². The van der Waals surface area contributed by atoms with Gasteiger partial charge in [-0.2, -0.15) is 10.0 Å². The first-order chi connectivity index (χ1) is 9.65. The number of nitrogens with two attached hydrogens (primary N) is 1. The lowest BCUT2D eigenvalue weighted by molar-refractivity contribution is -0.113. The number of rotatable bonds is 7. The lowest BCUT2D eigenvalue weighted by atomic mass is 10.2. The van der Waals surface area contributed by atoms with Crippen molar-refractivity contribution in [1.29, 1.82) is 0 Å². The Bertz CT molecular complexity index is 523. The summed E-state index contributed by atoms with van der Waals surface area (Å²) in [6, 6.07) is 1.88. The number of aliphatic hydroxyl groups is 2. The van der Waals surface area contributed by atoms with Crippen molar-refractivity contribution in [1.82, 2.24) is 4.98 Å². The van der Waals surface area contributed by atoms with Crippen LogP contribution in [0.1, 0.15) is 18.4 Å². The van der Waals surface area contributed by atoms with Gasteiger partial charge in [-0.25, -0.2) is 0 Å². The van der Waals surface area contributed by atoms with Crippen molar-refractivity contribution in [3.63, 3.8) is 0 Å². The molecule has 0 fully saturated rings. The third kappa shape index (κ3) is 2.59. The second-order valence-electron chi connectivity index (χ2n) is 4.73. The van der Waals surface area contributed by atoms with Gasteiger partial charge in [-0.05, 0) is 42.1 Å². The van der Waals surface area contributed by atoms with Crippen LogP contribution in [-0.2, 0) is 4.79 Å². The Labute approximate surface area is 119 Å². The van der Waals surface area contributed by atoms with Crippen molar-refractivity contribution >= 4 is 22.0 Å². The topological polar surface area (TPSA) is 96.4 Å². The fraction of sp³-hybridized carbons (Fsp3) is 0.429. The van der Waals surface area contributed by atoms with Gasteiger partial charge in [0.25, 0.3) is 5.91 Å². The Balaban J connectivity index is 2.48. The molecule has 0 aliphatic carbocycles. The highest BCUT2D eigenvalue weighted by Crippen LogP contribution is 2.67. The van der Waals surface area contributed by atoms with E-state index in [1.54, 1.807) is 12.4 Å². The Kier molecular flexibility index (Phi) is 4.80. The number of amides is 1. The van der Waals surface area contributed by atoms with E-state index in [-0.39, 0.29) is 13.2 Å². The second kappa shape index (κ2) is 6.39. The average molecular weight is 296 g/mol. The molecule has 1 aliphatic rings. The first-order valence-electron chi connectivity index (χ1n) is 6.62. The predicted octanol–water partition coefficient (Wildman–Crippen LogP) is 0.850. The van der Waals surface area contributed by atoms with Crippen LogP contribution in [-0.4, -0.2) is 45.8 Å². The van der Waals surface area contributed by atoms with Gasteiger partial charge in [0.1, 0.15) is 0 Å². The van der Waals surface area contributed by atoms with E-state index in [0.717, 1.165) is 10.5 Å². The molecule has 0 aromatic carbocycles. The number of fused-ring (bicyclic) bond motifs is 1. The molecule has 1 aromatic heterocycles. The number of hydrogen-bond donors (Lipinski definition) is 3. The molecule has 1 amide bonds. The van der Waals surface area contributed by atoms with Crippen molar-refractivity contribution in [2.24, 2.45) is 5.73 Å². The third-order valence-corrected chi connectivity index (χ3v) is 7.80. The summed E-state index contributed by atoms with van der Waals surface area (Å²) in [6.07, 6.45) is 6.57. The molecule has 110 valence electrons. The second-order valence-corrected chi connectivity index (χ2v) is 8.20. The van der Waals surface area contributed by atoms with Crippen LogP contribution >= 0.6 is 10.0 Å². The number of aliphatic hydroxyl groups excluding tert-OH is 2. The van der Waals surface area contributed by atoms with E-state index in [9.17, 15) is 4.79 Å². The number of carbonyl (C=O) groups excluding carboxylic acids is 1. The van der Waals surface area contributed by atoms with Gasteiger partial charge in [0.05, 0.1) is 4.91 Å². The summed E-state index contributed by atoms with van der Waals surface area (Å²) in [7, 11) is -1.58. The maximum Gasteiger partial charge on any atom is 0.253 e. The maximum atomic E-state index is 11.8. The van der Waals surface area contributed by atoms with E-state index in [2.05, 4.69) is 4.98 Å². The van der Waals surface area contributed by atoms with Crippen LogP contribution in [0.3, 0.4) is 0 Å². The zero-order valence-corrected chi connectivity index (χ0v) is 12.1. The molecule has 20 heavy (non-hydrogen) atoms. The molecular formula is C14H20N2O3S. The van der Waals surface area contributed by atoms with Gasteiger partial charge in [0.15, 0.2) is 0 Å². The number of primary amides is 1. The number of aromatic nitrogens is 1. The molecule has 2 rings (SSSR count). The molecule has 0 unspecified atom stereocenters. The molecule has 2 heterocycles. The van der Waals surface area contributed by atoms with Crippen LogP contribution in [0, 0.1) is 0 Å². The minimum Gasteiger partial charge on any atom is -0.396 e. The number of carbonyl (C=O) groups is 1. The van der Waals surface area contributed by atoms with E-state index >= 15 is 0 Å². The van der Waals surface area contributed by atoms with Crippen LogP contribution in [0.4, 0.5) is 0 Å². The smallest absolute Gasteiger partial charge is 0.253 e. The Morgan fingerprint density at radius 2 is 1.90 bits per heavy atom. The van der Waals surface area contributed by atoms with E-state index in [1.807, 2.05) is 12.1 Å². The van der Waals surface area contributed by atoms with E-state index < -0.39 is 15.9 Å². The molecule has 0 radical (unpaired) electrons. The molecule has 1 aliphatic heterocycles. The van der Waals surface area contributed by atoms with Gasteiger partial charge in [0.2, 0.25) is 0 Å². The summed E-state index contributed by atoms with van der Waals surface area (Å²) >= 11 is 0. The first kappa shape index (κ1) is 15.0. The quantitative estimate of drug-likeness (QED) is 0.695. The van der Waals surface area contributed by atoms with Crippen molar-refractivity contribution in [3.8, 4) is 0 Å². The van der Waals surface area contributed by atoms with Gasteiger partial charge < -0.3 is 15.9 Å². The molecule has 6 heteroatoms. The van der Waals surface area contributed by atoms with Gasteiger partial charge >= 0.3 is 0 Å².